The van der Waals surface area contributed by atoms with Crippen molar-refractivity contribution < 1.29 is 0 Å². The lowest BCUT2D eigenvalue weighted by atomic mass is 10.3. The first-order valence-electron chi connectivity index (χ1n) is 7.05. The molecule has 0 saturated carbocycles. The number of aromatic nitrogens is 1. The van der Waals surface area contributed by atoms with Gasteiger partial charge in [0.05, 0.1) is 0 Å². The van der Waals surface area contributed by atoms with E-state index in [4.69, 9.17) is 0 Å². The van der Waals surface area contributed by atoms with Gasteiger partial charge in [-0.1, -0.05) is 6.92 Å². The van der Waals surface area contributed by atoms with E-state index in [9.17, 15) is 0 Å². The molecule has 0 aromatic carbocycles. The molecule has 1 aromatic rings. The van der Waals surface area contributed by atoms with E-state index in [0.29, 0.717) is 0 Å². The Kier molecular flexibility index (Phi) is 5.23. The summed E-state index contributed by atoms with van der Waals surface area (Å²) in [6.07, 6.45) is 2.20. The molecule has 1 aromatic heterocycles. The van der Waals surface area contributed by atoms with Crippen molar-refractivity contribution in [1.82, 2.24) is 19.7 Å². The van der Waals surface area contributed by atoms with Crippen LogP contribution in [0, 0.1) is 0 Å². The summed E-state index contributed by atoms with van der Waals surface area (Å²) in [6.45, 7) is 11.3. The molecule has 0 amide bonds. The van der Waals surface area contributed by atoms with E-state index in [2.05, 4.69) is 52.0 Å². The molecular formula is C14H26N4. The molecule has 2 rings (SSSR count). The molecule has 1 fully saturated rings. The minimum atomic E-state index is 0.978. The lowest BCUT2D eigenvalue weighted by Gasteiger charge is -2.32. The van der Waals surface area contributed by atoms with Crippen molar-refractivity contribution in [3.63, 3.8) is 0 Å². The zero-order valence-corrected chi connectivity index (χ0v) is 11.7. The Bertz CT molecular complexity index is 339. The van der Waals surface area contributed by atoms with Gasteiger partial charge in [0.15, 0.2) is 0 Å². The summed E-state index contributed by atoms with van der Waals surface area (Å²) < 4.78 is 2.38. The fourth-order valence-corrected chi connectivity index (χ4v) is 2.40. The van der Waals surface area contributed by atoms with Gasteiger partial charge in [0.2, 0.25) is 0 Å². The predicted molar refractivity (Wildman–Crippen MR) is 75.7 cm³/mol. The van der Waals surface area contributed by atoms with Crippen molar-refractivity contribution in [2.45, 2.75) is 20.0 Å². The summed E-state index contributed by atoms with van der Waals surface area (Å²) in [4.78, 5) is 4.97. The lowest BCUT2D eigenvalue weighted by molar-refractivity contribution is 0.150. The number of piperazine rings is 1. The maximum Gasteiger partial charge on any atom is 0.0359 e. The van der Waals surface area contributed by atoms with Crippen LogP contribution in [0.25, 0.3) is 0 Å². The maximum atomic E-state index is 3.39. The Hall–Kier alpha value is -0.840. The standard InChI is InChI=1S/C14H26N4/c1-3-15-13-14-5-4-6-18(14)12-11-17-9-7-16(2)8-10-17/h4-6,15H,3,7-13H2,1-2H3. The van der Waals surface area contributed by atoms with Gasteiger partial charge in [0.1, 0.15) is 0 Å². The van der Waals surface area contributed by atoms with E-state index >= 15 is 0 Å². The smallest absolute Gasteiger partial charge is 0.0359 e. The third kappa shape index (κ3) is 3.83. The average molecular weight is 250 g/mol. The third-order valence-corrected chi connectivity index (χ3v) is 3.73. The molecule has 1 aliphatic heterocycles. The molecule has 2 heterocycles. The molecule has 4 heteroatoms. The molecule has 0 spiro atoms. The first-order valence-corrected chi connectivity index (χ1v) is 7.05. The zero-order chi connectivity index (χ0) is 12.8. The SMILES string of the molecule is CCNCc1cccn1CCN1CCN(C)CC1. The Morgan fingerprint density at radius 2 is 1.94 bits per heavy atom. The fraction of sp³-hybridized carbons (Fsp3) is 0.714. The Labute approximate surface area is 111 Å². The molecule has 0 aliphatic carbocycles. The highest BCUT2D eigenvalue weighted by Gasteiger charge is 2.13. The average Bonchev–Trinajstić information content (AvgIpc) is 2.83. The second-order valence-electron chi connectivity index (χ2n) is 5.12. The molecular weight excluding hydrogens is 224 g/mol. The topological polar surface area (TPSA) is 23.4 Å². The van der Waals surface area contributed by atoms with E-state index in [-0.39, 0.29) is 0 Å². The third-order valence-electron chi connectivity index (χ3n) is 3.73. The van der Waals surface area contributed by atoms with Crippen molar-refractivity contribution >= 4 is 0 Å². The largest absolute Gasteiger partial charge is 0.349 e. The van der Waals surface area contributed by atoms with E-state index < -0.39 is 0 Å². The van der Waals surface area contributed by atoms with E-state index in [1.807, 2.05) is 0 Å². The van der Waals surface area contributed by atoms with Gasteiger partial charge in [-0.05, 0) is 25.7 Å². The van der Waals surface area contributed by atoms with Crippen LogP contribution in [0.5, 0.6) is 0 Å². The van der Waals surface area contributed by atoms with E-state index in [0.717, 1.165) is 19.6 Å². The summed E-state index contributed by atoms with van der Waals surface area (Å²) in [7, 11) is 2.21. The number of rotatable bonds is 6. The Balaban J connectivity index is 1.77. The molecule has 0 bridgehead atoms. The van der Waals surface area contributed by atoms with Crippen LogP contribution in [-0.2, 0) is 13.1 Å². The zero-order valence-electron chi connectivity index (χ0n) is 11.7. The molecule has 1 N–H and O–H groups in total. The van der Waals surface area contributed by atoms with Crippen LogP contribution in [-0.4, -0.2) is 60.7 Å². The minimum Gasteiger partial charge on any atom is -0.349 e. The van der Waals surface area contributed by atoms with Crippen molar-refractivity contribution in [2.75, 3.05) is 46.3 Å². The first-order chi connectivity index (χ1) is 8.79. The molecule has 18 heavy (non-hydrogen) atoms. The van der Waals surface area contributed by atoms with Crippen LogP contribution in [0.15, 0.2) is 18.3 Å². The highest BCUT2D eigenvalue weighted by molar-refractivity contribution is 5.06. The van der Waals surface area contributed by atoms with Crippen molar-refractivity contribution in [3.8, 4) is 0 Å². The van der Waals surface area contributed by atoms with Gasteiger partial charge in [-0.3, -0.25) is 4.90 Å². The van der Waals surface area contributed by atoms with Gasteiger partial charge in [0, 0.05) is 57.7 Å². The van der Waals surface area contributed by atoms with Crippen LogP contribution in [0.3, 0.4) is 0 Å². The minimum absolute atomic E-state index is 0.978. The molecule has 0 unspecified atom stereocenters. The number of hydrogen-bond donors (Lipinski definition) is 1. The van der Waals surface area contributed by atoms with Gasteiger partial charge < -0.3 is 14.8 Å². The van der Waals surface area contributed by atoms with Gasteiger partial charge in [-0.15, -0.1) is 0 Å². The van der Waals surface area contributed by atoms with Crippen molar-refractivity contribution in [3.05, 3.63) is 24.0 Å². The van der Waals surface area contributed by atoms with Crippen molar-refractivity contribution in [2.24, 2.45) is 0 Å². The summed E-state index contributed by atoms with van der Waals surface area (Å²) in [5.74, 6) is 0. The molecule has 4 nitrogen and oxygen atoms in total. The highest BCUT2D eigenvalue weighted by Crippen LogP contribution is 2.04. The number of nitrogens with one attached hydrogen (secondary N) is 1. The molecule has 0 atom stereocenters. The number of nitrogens with zero attached hydrogens (tertiary/aromatic N) is 3. The van der Waals surface area contributed by atoms with Gasteiger partial charge in [-0.2, -0.15) is 0 Å². The highest BCUT2D eigenvalue weighted by atomic mass is 15.3. The first kappa shape index (κ1) is 13.6. The summed E-state index contributed by atoms with van der Waals surface area (Å²) in [5, 5.41) is 3.39. The van der Waals surface area contributed by atoms with Crippen LogP contribution < -0.4 is 5.32 Å². The molecule has 1 aliphatic rings. The summed E-state index contributed by atoms with van der Waals surface area (Å²) in [6, 6.07) is 4.36. The molecule has 1 saturated heterocycles. The molecule has 102 valence electrons. The van der Waals surface area contributed by atoms with E-state index in [1.165, 1.54) is 38.4 Å². The maximum absolute atomic E-state index is 3.39. The van der Waals surface area contributed by atoms with Crippen molar-refractivity contribution in [1.29, 1.82) is 0 Å². The normalized spacial score (nSPS) is 18.3. The lowest BCUT2D eigenvalue weighted by Crippen LogP contribution is -2.45. The number of hydrogen-bond acceptors (Lipinski definition) is 3. The number of likely N-dealkylation sites (N-methyl/N-ethyl adjacent to an activating group) is 1. The monoisotopic (exact) mass is 250 g/mol. The van der Waals surface area contributed by atoms with Gasteiger partial charge >= 0.3 is 0 Å². The fourth-order valence-electron chi connectivity index (χ4n) is 2.40. The van der Waals surface area contributed by atoms with Crippen LogP contribution in [0.1, 0.15) is 12.6 Å². The second-order valence-corrected chi connectivity index (χ2v) is 5.12. The Morgan fingerprint density at radius 3 is 2.67 bits per heavy atom. The van der Waals surface area contributed by atoms with Gasteiger partial charge in [0.25, 0.3) is 0 Å². The quantitative estimate of drug-likeness (QED) is 0.809. The van der Waals surface area contributed by atoms with Crippen LogP contribution in [0.2, 0.25) is 0 Å². The summed E-state index contributed by atoms with van der Waals surface area (Å²) in [5.41, 5.74) is 1.39. The second kappa shape index (κ2) is 6.92. The predicted octanol–water partition coefficient (Wildman–Crippen LogP) is 0.845. The van der Waals surface area contributed by atoms with E-state index in [1.54, 1.807) is 0 Å². The molecule has 0 radical (unpaired) electrons. The summed E-state index contributed by atoms with van der Waals surface area (Å²) >= 11 is 0. The van der Waals surface area contributed by atoms with Crippen LogP contribution >= 0.6 is 0 Å². The van der Waals surface area contributed by atoms with Gasteiger partial charge in [-0.25, -0.2) is 0 Å². The van der Waals surface area contributed by atoms with Crippen LogP contribution in [0.4, 0.5) is 0 Å². The Morgan fingerprint density at radius 1 is 1.17 bits per heavy atom.